The fourth-order valence-electron chi connectivity index (χ4n) is 16.8. The molecule has 0 atom stereocenters. The van der Waals surface area contributed by atoms with E-state index in [1.54, 1.807) is 0 Å². The van der Waals surface area contributed by atoms with Gasteiger partial charge in [0.2, 0.25) is 0 Å². The van der Waals surface area contributed by atoms with Crippen LogP contribution in [0.2, 0.25) is 0 Å². The molecule has 8 aromatic heterocycles. The summed E-state index contributed by atoms with van der Waals surface area (Å²) < 4.78 is 15.1. The molecule has 0 unspecified atom stereocenters. The van der Waals surface area contributed by atoms with Crippen LogP contribution in [0.3, 0.4) is 0 Å². The van der Waals surface area contributed by atoms with Gasteiger partial charge >= 0.3 is 0 Å². The van der Waals surface area contributed by atoms with Crippen LogP contribution < -0.4 is 0 Å². The van der Waals surface area contributed by atoms with Crippen molar-refractivity contribution in [2.75, 3.05) is 0 Å². The van der Waals surface area contributed by atoms with E-state index in [1.165, 1.54) is 195 Å². The van der Waals surface area contributed by atoms with E-state index in [0.29, 0.717) is 0 Å². The molecule has 0 N–H and O–H groups in total. The van der Waals surface area contributed by atoms with Gasteiger partial charge in [0.25, 0.3) is 0 Å². The Hall–Kier alpha value is -13.4. The highest BCUT2D eigenvalue weighted by atomic mass is 32.1. The predicted octanol–water partition coefficient (Wildman–Crippen LogP) is 30.7. The Morgan fingerprint density at radius 2 is 0.411 bits per heavy atom. The number of rotatable bonds is 8. The Labute approximate surface area is 662 Å². The van der Waals surface area contributed by atoms with Crippen LogP contribution in [0.25, 0.3) is 195 Å². The van der Waals surface area contributed by atoms with Gasteiger partial charge in [0.05, 0.1) is 44.1 Å². The molecule has 24 aromatic rings. The van der Waals surface area contributed by atoms with Crippen molar-refractivity contribution >= 4 is 173 Å². The maximum atomic E-state index is 2.43. The van der Waals surface area contributed by atoms with Crippen molar-refractivity contribution in [3.8, 4) is 67.3 Å². The molecule has 112 heavy (non-hydrogen) atoms. The number of nitrogens with zero attached hydrogens (tertiary/aromatic N) is 4. The van der Waals surface area contributed by atoms with Crippen LogP contribution in [0.5, 0.6) is 0 Å². The van der Waals surface area contributed by atoms with E-state index < -0.39 is 0 Å². The average molecular weight is 1500 g/mol. The van der Waals surface area contributed by atoms with E-state index in [-0.39, 0.29) is 0 Å². The monoisotopic (exact) mass is 1500 g/mol. The number of benzene rings is 16. The van der Waals surface area contributed by atoms with Gasteiger partial charge in [-0.3, -0.25) is 0 Å². The van der Waals surface area contributed by atoms with Gasteiger partial charge < -0.3 is 18.3 Å². The molecule has 24 rings (SSSR count). The van der Waals surface area contributed by atoms with Crippen LogP contribution in [0.15, 0.2) is 410 Å². The summed E-state index contributed by atoms with van der Waals surface area (Å²) in [5.74, 6) is 0. The summed E-state index contributed by atoms with van der Waals surface area (Å²) in [5, 5.41) is 24.7. The maximum Gasteiger partial charge on any atom is 0.0555 e. The van der Waals surface area contributed by atoms with Gasteiger partial charge in [-0.1, -0.05) is 261 Å². The van der Waals surface area contributed by atoms with Crippen LogP contribution in [-0.4, -0.2) is 18.3 Å². The van der Waals surface area contributed by atoms with Crippen LogP contribution in [0.1, 0.15) is 0 Å². The van der Waals surface area contributed by atoms with E-state index in [0.717, 1.165) is 0 Å². The number of para-hydroxylation sites is 5. The normalized spacial score (nSPS) is 11.6. The molecule has 528 valence electrons. The second kappa shape index (κ2) is 28.5. The van der Waals surface area contributed by atoms with E-state index in [9.17, 15) is 0 Å². The van der Waals surface area contributed by atoms with Gasteiger partial charge in [0, 0.05) is 84.6 Å². The Morgan fingerprint density at radius 1 is 0.152 bits per heavy atom. The van der Waals surface area contributed by atoms with Crippen LogP contribution in [0, 0.1) is 0 Å². The molecule has 0 amide bonds. The van der Waals surface area contributed by atoms with Gasteiger partial charge in [-0.05, 0) is 215 Å². The highest BCUT2D eigenvalue weighted by Gasteiger charge is 2.21. The van der Waals surface area contributed by atoms with Crippen molar-refractivity contribution in [2.24, 2.45) is 0 Å². The number of thiophene rings is 4. The van der Waals surface area contributed by atoms with E-state index in [2.05, 4.69) is 428 Å². The first-order valence-corrected chi connectivity index (χ1v) is 41.3. The molecule has 8 heteroatoms. The number of aromatic nitrogens is 4. The zero-order valence-corrected chi connectivity index (χ0v) is 63.9. The van der Waals surface area contributed by atoms with Crippen molar-refractivity contribution in [3.05, 3.63) is 410 Å². The summed E-state index contributed by atoms with van der Waals surface area (Å²) in [5.41, 5.74) is 24.7. The Bertz CT molecular complexity index is 7540. The fourth-order valence-corrected chi connectivity index (χ4v) is 20.6. The highest BCUT2D eigenvalue weighted by molar-refractivity contribution is 7.19. The van der Waals surface area contributed by atoms with Crippen LogP contribution in [0.4, 0.5) is 0 Å². The molecular weight excluding hydrogens is 1430 g/mol. The minimum atomic E-state index is 1.18. The summed E-state index contributed by atoms with van der Waals surface area (Å²) in [4.78, 5) is 0. The third kappa shape index (κ3) is 11.7. The van der Waals surface area contributed by atoms with Gasteiger partial charge in [-0.15, -0.1) is 45.3 Å². The van der Waals surface area contributed by atoms with Gasteiger partial charge in [0.15, 0.2) is 0 Å². The number of fused-ring (bicyclic) bond motifs is 20. The lowest BCUT2D eigenvalue weighted by Crippen LogP contribution is -1.96. The predicted molar refractivity (Wildman–Crippen MR) is 486 cm³/mol. The Kier molecular flexibility index (Phi) is 17.0. The third-order valence-corrected chi connectivity index (χ3v) is 25.7. The first-order valence-electron chi connectivity index (χ1n) is 37.8. The summed E-state index contributed by atoms with van der Waals surface area (Å²) in [7, 11) is 0. The minimum absolute atomic E-state index is 1.18. The zero-order valence-electron chi connectivity index (χ0n) is 60.7. The molecule has 0 fully saturated rings. The molecule has 0 aliphatic rings. The molecule has 8 heterocycles. The van der Waals surface area contributed by atoms with Gasteiger partial charge in [0.1, 0.15) is 0 Å². The molecule has 0 bridgehead atoms. The quantitative estimate of drug-likeness (QED) is 0.144. The highest BCUT2D eigenvalue weighted by Crippen LogP contribution is 2.45. The van der Waals surface area contributed by atoms with E-state index in [4.69, 9.17) is 0 Å². The Morgan fingerprint density at radius 3 is 0.777 bits per heavy atom. The molecule has 4 nitrogen and oxygen atoms in total. The van der Waals surface area contributed by atoms with Crippen molar-refractivity contribution in [1.82, 2.24) is 18.3 Å². The van der Waals surface area contributed by atoms with Gasteiger partial charge in [-0.2, -0.15) is 0 Å². The lowest BCUT2D eigenvalue weighted by molar-refractivity contribution is 1.18. The molecule has 0 radical (unpaired) electrons. The maximum absolute atomic E-state index is 2.43. The summed E-state index contributed by atoms with van der Waals surface area (Å²) in [6.07, 6.45) is 0. The van der Waals surface area contributed by atoms with Crippen molar-refractivity contribution in [2.45, 2.75) is 0 Å². The van der Waals surface area contributed by atoms with Crippen molar-refractivity contribution < 1.29 is 0 Å². The Balaban J connectivity index is 0.0000000952. The lowest BCUT2D eigenvalue weighted by Gasteiger charge is -2.14. The topological polar surface area (TPSA) is 19.7 Å². The molecule has 0 aliphatic carbocycles. The summed E-state index contributed by atoms with van der Waals surface area (Å²) >= 11 is 7.31. The molecule has 0 saturated carbocycles. The number of hydrogen-bond donors (Lipinski definition) is 0. The molecule has 0 spiro atoms. The van der Waals surface area contributed by atoms with E-state index >= 15 is 0 Å². The first-order chi connectivity index (χ1) is 55.6. The molecule has 16 aromatic carbocycles. The van der Waals surface area contributed by atoms with Crippen LogP contribution >= 0.6 is 45.3 Å². The van der Waals surface area contributed by atoms with Crippen molar-refractivity contribution in [1.29, 1.82) is 0 Å². The van der Waals surface area contributed by atoms with E-state index in [1.807, 2.05) is 45.3 Å². The molecular formula is C104H68N4S4. The lowest BCUT2D eigenvalue weighted by atomic mass is 9.98. The number of hydrogen-bond acceptors (Lipinski definition) is 4. The summed E-state index contributed by atoms with van der Waals surface area (Å²) in [6, 6.07) is 140. The molecule has 0 aliphatic heterocycles. The molecule has 0 saturated heterocycles. The SMILES string of the molecule is c1ccc(-c2cc(-c3ccccc3)cc(-n3c4ccccc4c4c5sccc5ccc43)c2)cc1.c1ccc(-c2ccc(-n3c4ccccc4c4c5sccc5ccc43)cc2)cc1.c1ccc(-c2cccc(-n3c4ccccc4c4c5sccc5ccc43)c2)cc1.c1ccc(-n2c3ccccc3c3c4sccc4ccc32)cc1. The fraction of sp³-hybridized carbons (Fsp3) is 0. The zero-order chi connectivity index (χ0) is 74.0. The standard InChI is InChI=1S/C32H21NS.2C26H17NS.C20H13NS/c1-3-9-22(10-4-1)25-19-26(23-11-5-2-6-12-23)21-27(20-25)33-29-14-8-7-13-28(29)31-30(33)16-15-24-17-18-34-32(24)31;1-2-7-18(8-3-1)20-9-6-10-21(17-20)27-23-12-5-4-11-22(23)25-24(27)14-13-19-15-16-28-26(19)25;1-2-6-18(7-3-1)19-10-13-21(14-11-19)27-23-9-5-4-8-22(23)25-24(27)15-12-20-16-17-28-26(20)25;1-2-6-15(7-3-1)21-17-9-5-4-8-16(17)19-18(21)11-10-14-12-13-22-20(14)19/h1-21H;2*1-17H;1-13H. The van der Waals surface area contributed by atoms with Crippen molar-refractivity contribution in [3.63, 3.8) is 0 Å². The summed E-state index contributed by atoms with van der Waals surface area (Å²) in [6.45, 7) is 0. The second-order valence-electron chi connectivity index (χ2n) is 28.3. The second-order valence-corrected chi connectivity index (χ2v) is 31.9. The largest absolute Gasteiger partial charge is 0.309 e. The minimum Gasteiger partial charge on any atom is -0.309 e. The first kappa shape index (κ1) is 66.7. The van der Waals surface area contributed by atoms with Gasteiger partial charge in [-0.25, -0.2) is 0 Å². The van der Waals surface area contributed by atoms with Crippen LogP contribution in [-0.2, 0) is 0 Å². The smallest absolute Gasteiger partial charge is 0.0555 e. The average Bonchev–Trinajstić information content (AvgIpc) is 1.59. The third-order valence-electron chi connectivity index (χ3n) is 21.9.